The number of nitrogens with one attached hydrogen (secondary N) is 2. The topological polar surface area (TPSA) is 44.6 Å². The molecule has 1 aliphatic rings. The highest BCUT2D eigenvalue weighted by Crippen LogP contribution is 2.36. The summed E-state index contributed by atoms with van der Waals surface area (Å²) >= 11 is 14.1. The van der Waals surface area contributed by atoms with Crippen molar-refractivity contribution < 1.29 is 0 Å². The molecule has 2 unspecified atom stereocenters. The molecule has 2 atom stereocenters. The maximum absolute atomic E-state index is 6.14. The fourth-order valence-corrected chi connectivity index (χ4v) is 5.16. The summed E-state index contributed by atoms with van der Waals surface area (Å²) in [6.45, 7) is 2.66. The van der Waals surface area contributed by atoms with E-state index in [0.717, 1.165) is 24.7 Å². The third-order valence-corrected chi connectivity index (χ3v) is 7.03. The Kier molecular flexibility index (Phi) is 7.09. The number of hydrogen-bond acceptors (Lipinski definition) is 3. The molecule has 2 N–H and O–H groups in total. The Morgan fingerprint density at radius 1 is 1.33 bits per heavy atom. The number of aromatic nitrogens is 1. The van der Waals surface area contributed by atoms with Gasteiger partial charge in [-0.25, -0.2) is 0 Å². The molecule has 0 aliphatic carbocycles. The summed E-state index contributed by atoms with van der Waals surface area (Å²) in [7, 11) is 5.93. The molecule has 1 fully saturated rings. The molecular weight excluding hydrogens is 401 g/mol. The number of aliphatic imine (C=N–C) groups is 1. The zero-order valence-corrected chi connectivity index (χ0v) is 18.3. The van der Waals surface area contributed by atoms with E-state index in [9.17, 15) is 0 Å². The number of piperidine rings is 1. The smallest absolute Gasteiger partial charge is 0.191 e. The standard InChI is InChI=1S/C19H27Cl2N5S/c1-22-19(24-12-14-10-15(20)18(21)26(14)3)23-11-13-6-4-8-25(2)17(13)16-7-5-9-27-16/h5,7,9-10,13,17H,4,6,8,11-12H2,1-3H3,(H2,22,23,24). The average molecular weight is 428 g/mol. The van der Waals surface area contributed by atoms with Gasteiger partial charge in [-0.2, -0.15) is 0 Å². The third-order valence-electron chi connectivity index (χ3n) is 5.25. The first-order chi connectivity index (χ1) is 13.0. The van der Waals surface area contributed by atoms with E-state index in [2.05, 4.69) is 45.1 Å². The number of thiophene rings is 1. The molecule has 0 radical (unpaired) electrons. The maximum Gasteiger partial charge on any atom is 0.191 e. The predicted octanol–water partition coefficient (Wildman–Crippen LogP) is 4.14. The predicted molar refractivity (Wildman–Crippen MR) is 116 cm³/mol. The van der Waals surface area contributed by atoms with Gasteiger partial charge in [0.1, 0.15) is 5.15 Å². The van der Waals surface area contributed by atoms with Gasteiger partial charge >= 0.3 is 0 Å². The molecule has 3 rings (SSSR count). The van der Waals surface area contributed by atoms with Crippen molar-refractivity contribution in [3.8, 4) is 0 Å². The van der Waals surface area contributed by atoms with Gasteiger partial charge in [-0.1, -0.05) is 29.3 Å². The lowest BCUT2D eigenvalue weighted by Crippen LogP contribution is -2.44. The number of halogens is 2. The van der Waals surface area contributed by atoms with Gasteiger partial charge in [-0.15, -0.1) is 11.3 Å². The van der Waals surface area contributed by atoms with Crippen molar-refractivity contribution in [2.75, 3.05) is 27.2 Å². The van der Waals surface area contributed by atoms with Gasteiger partial charge in [0.25, 0.3) is 0 Å². The van der Waals surface area contributed by atoms with Gasteiger partial charge in [-0.05, 0) is 49.9 Å². The summed E-state index contributed by atoms with van der Waals surface area (Å²) in [4.78, 5) is 8.28. The Hall–Kier alpha value is -1.21. The minimum atomic E-state index is 0.467. The van der Waals surface area contributed by atoms with E-state index in [4.69, 9.17) is 23.2 Å². The summed E-state index contributed by atoms with van der Waals surface area (Å²) in [5, 5.41) is 10.2. The van der Waals surface area contributed by atoms with Crippen LogP contribution in [0.3, 0.4) is 0 Å². The molecule has 0 spiro atoms. The second kappa shape index (κ2) is 9.32. The molecule has 3 heterocycles. The molecule has 5 nitrogen and oxygen atoms in total. The van der Waals surface area contributed by atoms with Gasteiger partial charge in [0.05, 0.1) is 11.6 Å². The van der Waals surface area contributed by atoms with Crippen LogP contribution in [0.25, 0.3) is 0 Å². The van der Waals surface area contributed by atoms with E-state index in [1.54, 1.807) is 7.05 Å². The van der Waals surface area contributed by atoms with Crippen LogP contribution < -0.4 is 10.6 Å². The van der Waals surface area contributed by atoms with E-state index in [1.165, 1.54) is 17.7 Å². The highest BCUT2D eigenvalue weighted by atomic mass is 35.5. The molecule has 2 aromatic heterocycles. The van der Waals surface area contributed by atoms with E-state index < -0.39 is 0 Å². The normalized spacial score (nSPS) is 21.4. The first kappa shape index (κ1) is 20.5. The molecule has 1 aliphatic heterocycles. The summed E-state index contributed by atoms with van der Waals surface area (Å²) in [5.74, 6) is 1.35. The third kappa shape index (κ3) is 4.80. The molecule has 8 heteroatoms. The van der Waals surface area contributed by atoms with Gasteiger partial charge < -0.3 is 15.2 Å². The fraction of sp³-hybridized carbons (Fsp3) is 0.526. The number of likely N-dealkylation sites (tertiary alicyclic amines) is 1. The SMILES string of the molecule is CN=C(NCc1cc(Cl)c(Cl)n1C)NCC1CCCN(C)C1c1cccs1. The van der Waals surface area contributed by atoms with Gasteiger partial charge in [-0.3, -0.25) is 9.89 Å². The lowest BCUT2D eigenvalue weighted by molar-refractivity contribution is 0.125. The van der Waals surface area contributed by atoms with E-state index in [1.807, 2.05) is 29.0 Å². The Morgan fingerprint density at radius 2 is 2.15 bits per heavy atom. The number of rotatable bonds is 5. The molecule has 0 bridgehead atoms. The number of hydrogen-bond donors (Lipinski definition) is 2. The van der Waals surface area contributed by atoms with Crippen LogP contribution in [0.1, 0.15) is 29.5 Å². The molecule has 0 saturated carbocycles. The monoisotopic (exact) mass is 427 g/mol. The Morgan fingerprint density at radius 3 is 2.78 bits per heavy atom. The van der Waals surface area contributed by atoms with Crippen LogP contribution in [0.2, 0.25) is 10.2 Å². The highest BCUT2D eigenvalue weighted by molar-refractivity contribution is 7.10. The Labute approximate surface area is 175 Å². The minimum absolute atomic E-state index is 0.467. The second-order valence-electron chi connectivity index (χ2n) is 6.98. The summed E-state index contributed by atoms with van der Waals surface area (Å²) in [6, 6.07) is 6.74. The van der Waals surface area contributed by atoms with E-state index in [-0.39, 0.29) is 0 Å². The van der Waals surface area contributed by atoms with Crippen molar-refractivity contribution in [2.45, 2.75) is 25.4 Å². The lowest BCUT2D eigenvalue weighted by Gasteiger charge is -2.39. The van der Waals surface area contributed by atoms with Crippen LogP contribution in [0.5, 0.6) is 0 Å². The molecule has 0 aromatic carbocycles. The molecular formula is C19H27Cl2N5S. The molecule has 1 saturated heterocycles. The van der Waals surface area contributed by atoms with Crippen LogP contribution in [0.15, 0.2) is 28.6 Å². The highest BCUT2D eigenvalue weighted by Gasteiger charge is 2.31. The van der Waals surface area contributed by atoms with Gasteiger partial charge in [0, 0.05) is 37.3 Å². The Bertz CT molecular complexity index is 771. The van der Waals surface area contributed by atoms with Crippen molar-refractivity contribution in [1.82, 2.24) is 20.1 Å². The molecule has 148 valence electrons. The van der Waals surface area contributed by atoms with Gasteiger partial charge in [0.15, 0.2) is 5.96 Å². The van der Waals surface area contributed by atoms with E-state index in [0.29, 0.717) is 28.7 Å². The number of guanidine groups is 1. The zero-order chi connectivity index (χ0) is 19.4. The summed E-state index contributed by atoms with van der Waals surface area (Å²) in [5.41, 5.74) is 1.02. The number of nitrogens with zero attached hydrogens (tertiary/aromatic N) is 3. The largest absolute Gasteiger partial charge is 0.356 e. The summed E-state index contributed by atoms with van der Waals surface area (Å²) in [6.07, 6.45) is 2.46. The first-order valence-electron chi connectivity index (χ1n) is 9.19. The van der Waals surface area contributed by atoms with Crippen LogP contribution in [0.4, 0.5) is 0 Å². The van der Waals surface area contributed by atoms with Crippen LogP contribution in [-0.4, -0.2) is 42.6 Å². The minimum Gasteiger partial charge on any atom is -0.356 e. The molecule has 0 amide bonds. The van der Waals surface area contributed by atoms with Crippen LogP contribution in [-0.2, 0) is 13.6 Å². The van der Waals surface area contributed by atoms with Crippen molar-refractivity contribution in [3.63, 3.8) is 0 Å². The average Bonchev–Trinajstić information content (AvgIpc) is 3.27. The molecule has 27 heavy (non-hydrogen) atoms. The second-order valence-corrected chi connectivity index (χ2v) is 8.73. The Balaban J connectivity index is 1.59. The van der Waals surface area contributed by atoms with Crippen molar-refractivity contribution in [3.05, 3.63) is 44.3 Å². The van der Waals surface area contributed by atoms with Crippen LogP contribution in [0, 0.1) is 5.92 Å². The van der Waals surface area contributed by atoms with Crippen molar-refractivity contribution in [2.24, 2.45) is 18.0 Å². The quantitative estimate of drug-likeness (QED) is 0.556. The first-order valence-corrected chi connectivity index (χ1v) is 10.8. The fourth-order valence-electron chi connectivity index (χ4n) is 3.76. The van der Waals surface area contributed by atoms with Gasteiger partial charge in [0.2, 0.25) is 0 Å². The molecule has 2 aromatic rings. The zero-order valence-electron chi connectivity index (χ0n) is 16.0. The van der Waals surface area contributed by atoms with Crippen molar-refractivity contribution >= 4 is 40.5 Å². The maximum atomic E-state index is 6.14. The lowest BCUT2D eigenvalue weighted by atomic mass is 9.88. The van der Waals surface area contributed by atoms with E-state index >= 15 is 0 Å². The summed E-state index contributed by atoms with van der Waals surface area (Å²) < 4.78 is 1.88. The van der Waals surface area contributed by atoms with Crippen LogP contribution >= 0.6 is 34.5 Å². The van der Waals surface area contributed by atoms with Crippen molar-refractivity contribution in [1.29, 1.82) is 0 Å².